The topological polar surface area (TPSA) is 107 Å². The Balaban J connectivity index is 0.00000312. The van der Waals surface area contributed by atoms with Crippen molar-refractivity contribution in [3.63, 3.8) is 0 Å². The van der Waals surface area contributed by atoms with Gasteiger partial charge in [0.15, 0.2) is 0 Å². The number of amides is 2. The van der Waals surface area contributed by atoms with Gasteiger partial charge in [0.25, 0.3) is 5.91 Å². The van der Waals surface area contributed by atoms with E-state index in [9.17, 15) is 9.59 Å². The zero-order chi connectivity index (χ0) is 17.5. The van der Waals surface area contributed by atoms with Gasteiger partial charge in [-0.05, 0) is 24.3 Å². The molecule has 0 aliphatic heterocycles. The Bertz CT molecular complexity index is 734. The summed E-state index contributed by atoms with van der Waals surface area (Å²) in [5, 5.41) is 5.81. The summed E-state index contributed by atoms with van der Waals surface area (Å²) in [5.41, 5.74) is 6.26. The van der Waals surface area contributed by atoms with E-state index in [2.05, 4.69) is 10.6 Å². The van der Waals surface area contributed by atoms with Crippen LogP contribution in [0, 0.1) is 0 Å². The van der Waals surface area contributed by atoms with Crippen LogP contribution in [0.3, 0.4) is 0 Å². The van der Waals surface area contributed by atoms with Gasteiger partial charge in [0.05, 0.1) is 24.9 Å². The summed E-state index contributed by atoms with van der Waals surface area (Å²) in [6, 6.07) is 6.48. The van der Waals surface area contributed by atoms with E-state index >= 15 is 0 Å². The molecule has 0 aliphatic carbocycles. The van der Waals surface area contributed by atoms with Crippen LogP contribution in [0.2, 0.25) is 5.02 Å². The Morgan fingerprint density at radius 1 is 1.32 bits per heavy atom. The van der Waals surface area contributed by atoms with Crippen molar-refractivity contribution in [1.29, 1.82) is 0 Å². The Morgan fingerprint density at radius 3 is 2.72 bits per heavy atom. The van der Waals surface area contributed by atoms with Gasteiger partial charge in [-0.15, -0.1) is 12.4 Å². The third-order valence-corrected chi connectivity index (χ3v) is 3.43. The van der Waals surface area contributed by atoms with E-state index in [1.807, 2.05) is 0 Å². The molecule has 2 amide bonds. The van der Waals surface area contributed by atoms with Gasteiger partial charge in [0.2, 0.25) is 5.91 Å². The Labute approximate surface area is 156 Å². The van der Waals surface area contributed by atoms with E-state index in [1.54, 1.807) is 24.3 Å². The third-order valence-electron chi connectivity index (χ3n) is 3.19. The summed E-state index contributed by atoms with van der Waals surface area (Å²) >= 11 is 5.90. The normalized spacial score (nSPS) is 9.88. The van der Waals surface area contributed by atoms with Crippen LogP contribution < -0.4 is 21.1 Å². The molecule has 0 unspecified atom stereocenters. The van der Waals surface area contributed by atoms with Crippen molar-refractivity contribution in [2.24, 2.45) is 5.73 Å². The van der Waals surface area contributed by atoms with Crippen LogP contribution in [0.4, 0.5) is 5.69 Å². The fraction of sp³-hybridized carbons (Fsp3) is 0.250. The van der Waals surface area contributed by atoms with Crippen molar-refractivity contribution in [3.8, 4) is 5.75 Å². The number of anilines is 1. The summed E-state index contributed by atoms with van der Waals surface area (Å²) in [6.07, 6.45) is 1.43. The number of hydrogen-bond acceptors (Lipinski definition) is 5. The number of halogens is 2. The van der Waals surface area contributed by atoms with Gasteiger partial charge in [-0.25, -0.2) is 0 Å². The van der Waals surface area contributed by atoms with E-state index < -0.39 is 0 Å². The summed E-state index contributed by atoms with van der Waals surface area (Å²) in [7, 11) is 1.50. The number of rotatable bonds is 7. The van der Waals surface area contributed by atoms with Gasteiger partial charge in [-0.1, -0.05) is 11.6 Å². The molecule has 0 atom stereocenters. The number of nitrogens with two attached hydrogens (primary N) is 1. The van der Waals surface area contributed by atoms with Crippen LogP contribution in [0.5, 0.6) is 5.75 Å². The first-order valence-electron chi connectivity index (χ1n) is 7.22. The first-order valence-corrected chi connectivity index (χ1v) is 7.60. The molecule has 0 aliphatic rings. The molecule has 0 saturated heterocycles. The molecular formula is C16H19Cl2N3O4. The van der Waals surface area contributed by atoms with Crippen molar-refractivity contribution in [1.82, 2.24) is 5.32 Å². The van der Waals surface area contributed by atoms with Crippen LogP contribution in [0.15, 0.2) is 34.9 Å². The fourth-order valence-electron chi connectivity index (χ4n) is 1.99. The molecule has 9 heteroatoms. The number of methoxy groups -OCH3 is 1. The predicted molar refractivity (Wildman–Crippen MR) is 97.4 cm³/mol. The highest BCUT2D eigenvalue weighted by Gasteiger charge is 2.11. The average molecular weight is 388 g/mol. The average Bonchev–Trinajstić information content (AvgIpc) is 3.04. The summed E-state index contributed by atoms with van der Waals surface area (Å²) in [5.74, 6) is 0.424. The minimum absolute atomic E-state index is 0. The van der Waals surface area contributed by atoms with Gasteiger partial charge in [0, 0.05) is 18.0 Å². The van der Waals surface area contributed by atoms with E-state index in [-0.39, 0.29) is 43.7 Å². The van der Waals surface area contributed by atoms with Crippen LogP contribution >= 0.6 is 24.0 Å². The molecule has 25 heavy (non-hydrogen) atoms. The van der Waals surface area contributed by atoms with E-state index in [1.165, 1.54) is 13.4 Å². The lowest BCUT2D eigenvalue weighted by Crippen LogP contribution is -2.27. The predicted octanol–water partition coefficient (Wildman–Crippen LogP) is 2.58. The second-order valence-electron chi connectivity index (χ2n) is 4.90. The monoisotopic (exact) mass is 387 g/mol. The first-order chi connectivity index (χ1) is 11.5. The molecule has 1 aromatic carbocycles. The second kappa shape index (κ2) is 9.93. The van der Waals surface area contributed by atoms with Crippen molar-refractivity contribution < 1.29 is 18.7 Å². The van der Waals surface area contributed by atoms with Crippen molar-refractivity contribution in [3.05, 3.63) is 46.9 Å². The molecule has 0 radical (unpaired) electrons. The number of carbonyl (C=O) groups excluding carboxylic acids is 2. The van der Waals surface area contributed by atoms with Crippen LogP contribution in [-0.2, 0) is 11.3 Å². The number of ether oxygens (including phenoxy) is 1. The van der Waals surface area contributed by atoms with E-state index in [0.29, 0.717) is 27.8 Å². The molecule has 4 N–H and O–H groups in total. The minimum Gasteiger partial charge on any atom is -0.495 e. The number of hydrogen-bond donors (Lipinski definition) is 3. The number of furan rings is 1. The third kappa shape index (κ3) is 5.97. The second-order valence-corrected chi connectivity index (χ2v) is 5.34. The lowest BCUT2D eigenvalue weighted by Gasteiger charge is -2.10. The molecule has 2 aromatic rings. The standard InChI is InChI=1S/C16H18ClN3O4.ClH/c1-23-14-3-2-11(17)7-13(14)20-15(21)4-5-19-16(22)10-6-12(8-18)24-9-10;/h2-3,6-7,9H,4-5,8,18H2,1H3,(H,19,22)(H,20,21);1H. The number of nitrogens with one attached hydrogen (secondary N) is 2. The summed E-state index contributed by atoms with van der Waals surface area (Å²) in [4.78, 5) is 23.8. The Kier molecular flexibility index (Phi) is 8.27. The minimum atomic E-state index is -0.327. The molecule has 1 heterocycles. The molecule has 7 nitrogen and oxygen atoms in total. The van der Waals surface area contributed by atoms with Gasteiger partial charge < -0.3 is 25.5 Å². The number of benzene rings is 1. The molecule has 1 aromatic heterocycles. The Morgan fingerprint density at radius 2 is 2.08 bits per heavy atom. The Hall–Kier alpha value is -2.22. The molecule has 136 valence electrons. The van der Waals surface area contributed by atoms with Crippen LogP contribution in [0.25, 0.3) is 0 Å². The van der Waals surface area contributed by atoms with Gasteiger partial charge in [0.1, 0.15) is 17.8 Å². The van der Waals surface area contributed by atoms with Crippen molar-refractivity contribution >= 4 is 41.5 Å². The smallest absolute Gasteiger partial charge is 0.254 e. The molecule has 0 bridgehead atoms. The maximum atomic E-state index is 12.0. The highest BCUT2D eigenvalue weighted by Crippen LogP contribution is 2.27. The van der Waals surface area contributed by atoms with E-state index in [0.717, 1.165) is 0 Å². The van der Waals surface area contributed by atoms with Gasteiger partial charge in [-0.2, -0.15) is 0 Å². The van der Waals surface area contributed by atoms with Crippen molar-refractivity contribution in [2.75, 3.05) is 19.0 Å². The molecule has 0 fully saturated rings. The van der Waals surface area contributed by atoms with E-state index in [4.69, 9.17) is 26.5 Å². The van der Waals surface area contributed by atoms with Gasteiger partial charge >= 0.3 is 0 Å². The molecule has 0 spiro atoms. The number of carbonyl (C=O) groups is 2. The van der Waals surface area contributed by atoms with Crippen LogP contribution in [-0.4, -0.2) is 25.5 Å². The highest BCUT2D eigenvalue weighted by atomic mass is 35.5. The summed E-state index contributed by atoms with van der Waals surface area (Å²) in [6.45, 7) is 0.397. The fourth-order valence-corrected chi connectivity index (χ4v) is 2.16. The summed E-state index contributed by atoms with van der Waals surface area (Å²) < 4.78 is 10.2. The van der Waals surface area contributed by atoms with Crippen LogP contribution in [0.1, 0.15) is 22.5 Å². The molecule has 2 rings (SSSR count). The zero-order valence-corrected chi connectivity index (χ0v) is 15.1. The lowest BCUT2D eigenvalue weighted by molar-refractivity contribution is -0.116. The largest absolute Gasteiger partial charge is 0.495 e. The quantitative estimate of drug-likeness (QED) is 0.676. The first kappa shape index (κ1) is 20.8. The molecular weight excluding hydrogens is 369 g/mol. The highest BCUT2D eigenvalue weighted by molar-refractivity contribution is 6.31. The van der Waals surface area contributed by atoms with Gasteiger partial charge in [-0.3, -0.25) is 9.59 Å². The zero-order valence-electron chi connectivity index (χ0n) is 13.5. The molecule has 0 saturated carbocycles. The SMILES string of the molecule is COc1ccc(Cl)cc1NC(=O)CCNC(=O)c1coc(CN)c1.Cl. The maximum absolute atomic E-state index is 12.0. The maximum Gasteiger partial charge on any atom is 0.254 e. The van der Waals surface area contributed by atoms with Crippen molar-refractivity contribution in [2.45, 2.75) is 13.0 Å². The lowest BCUT2D eigenvalue weighted by atomic mass is 10.2.